The van der Waals surface area contributed by atoms with Crippen LogP contribution in [0, 0.1) is 5.92 Å². The summed E-state index contributed by atoms with van der Waals surface area (Å²) in [6, 6.07) is 0. The molecule has 0 bridgehead atoms. The number of hydrogen-bond donors (Lipinski definition) is 1. The highest BCUT2D eigenvalue weighted by Gasteiger charge is 2.34. The predicted molar refractivity (Wildman–Crippen MR) is 82.3 cm³/mol. The van der Waals surface area contributed by atoms with Gasteiger partial charge in [-0.1, -0.05) is 18.3 Å². The molecule has 2 rings (SSSR count). The smallest absolute Gasteiger partial charge is 0.308 e. The van der Waals surface area contributed by atoms with Crippen molar-refractivity contribution in [3.63, 3.8) is 0 Å². The number of ether oxygens (including phenoxy) is 1. The van der Waals surface area contributed by atoms with Crippen LogP contribution in [-0.2, 0) is 24.3 Å². The summed E-state index contributed by atoms with van der Waals surface area (Å²) in [6.45, 7) is 2.12. The number of esters is 1. The number of nitrogens with zero attached hydrogens (tertiary/aromatic N) is 3. The molecule has 0 atom stereocenters. The average molecular weight is 362 g/mol. The van der Waals surface area contributed by atoms with Crippen LogP contribution in [0.1, 0.15) is 26.2 Å². The van der Waals surface area contributed by atoms with Crippen LogP contribution in [0.5, 0.6) is 0 Å². The van der Waals surface area contributed by atoms with Crippen LogP contribution in [0.4, 0.5) is 5.13 Å². The number of carbonyl (C=O) groups excluding carboxylic acids is 2. The lowest BCUT2D eigenvalue weighted by Gasteiger charge is -2.28. The molecule has 1 aromatic heterocycles. The molecule has 2 heterocycles. The van der Waals surface area contributed by atoms with Crippen molar-refractivity contribution >= 4 is 38.4 Å². The van der Waals surface area contributed by atoms with E-state index in [9.17, 15) is 18.0 Å². The molecule has 0 saturated carbocycles. The highest BCUT2D eigenvalue weighted by atomic mass is 32.2. The van der Waals surface area contributed by atoms with Crippen molar-refractivity contribution < 1.29 is 22.7 Å². The van der Waals surface area contributed by atoms with Crippen molar-refractivity contribution in [2.45, 2.75) is 30.5 Å². The van der Waals surface area contributed by atoms with E-state index in [-0.39, 0.29) is 46.8 Å². The average Bonchev–Trinajstić information content (AvgIpc) is 3.03. The molecule has 23 heavy (non-hydrogen) atoms. The molecule has 1 amide bonds. The van der Waals surface area contributed by atoms with Crippen molar-refractivity contribution in [1.82, 2.24) is 14.5 Å². The zero-order valence-electron chi connectivity index (χ0n) is 12.8. The third kappa shape index (κ3) is 4.03. The molecule has 0 spiro atoms. The lowest BCUT2D eigenvalue weighted by Crippen LogP contribution is -2.40. The van der Waals surface area contributed by atoms with Crippen LogP contribution < -0.4 is 5.32 Å². The predicted octanol–water partition coefficient (Wildman–Crippen LogP) is 0.460. The number of nitrogens with one attached hydrogen (secondary N) is 1. The quantitative estimate of drug-likeness (QED) is 0.597. The maximum Gasteiger partial charge on any atom is 0.308 e. The fourth-order valence-corrected chi connectivity index (χ4v) is 4.71. The summed E-state index contributed by atoms with van der Waals surface area (Å²) in [6.07, 6.45) is 1.08. The molecule has 1 saturated heterocycles. The molecule has 9 nitrogen and oxygen atoms in total. The molecule has 0 aromatic carbocycles. The van der Waals surface area contributed by atoms with Gasteiger partial charge in [-0.3, -0.25) is 9.59 Å². The van der Waals surface area contributed by atoms with Crippen LogP contribution in [0.25, 0.3) is 0 Å². The van der Waals surface area contributed by atoms with Gasteiger partial charge in [-0.15, -0.1) is 10.2 Å². The van der Waals surface area contributed by atoms with Gasteiger partial charge in [-0.2, -0.15) is 4.31 Å². The Morgan fingerprint density at radius 1 is 1.35 bits per heavy atom. The van der Waals surface area contributed by atoms with E-state index in [1.807, 2.05) is 0 Å². The van der Waals surface area contributed by atoms with Crippen LogP contribution in [0.2, 0.25) is 0 Å². The number of methoxy groups -OCH3 is 1. The zero-order chi connectivity index (χ0) is 17.0. The lowest BCUT2D eigenvalue weighted by atomic mass is 9.99. The van der Waals surface area contributed by atoms with Gasteiger partial charge in [0.05, 0.1) is 13.0 Å². The summed E-state index contributed by atoms with van der Waals surface area (Å²) in [5.74, 6) is -0.855. The van der Waals surface area contributed by atoms with Gasteiger partial charge in [0.25, 0.3) is 10.0 Å². The van der Waals surface area contributed by atoms with E-state index < -0.39 is 10.0 Å². The third-order valence-electron chi connectivity index (χ3n) is 3.52. The van der Waals surface area contributed by atoms with Crippen LogP contribution in [0.3, 0.4) is 0 Å². The Hall–Kier alpha value is -1.59. The molecule has 0 aliphatic carbocycles. The lowest BCUT2D eigenvalue weighted by molar-refractivity contribution is -0.146. The topological polar surface area (TPSA) is 119 Å². The van der Waals surface area contributed by atoms with E-state index in [0.717, 1.165) is 11.3 Å². The van der Waals surface area contributed by atoms with Crippen molar-refractivity contribution in [1.29, 1.82) is 0 Å². The van der Waals surface area contributed by atoms with Gasteiger partial charge in [-0.25, -0.2) is 8.42 Å². The second-order valence-corrected chi connectivity index (χ2v) is 8.07. The second-order valence-electron chi connectivity index (χ2n) is 4.98. The number of carbonyl (C=O) groups is 2. The highest BCUT2D eigenvalue weighted by molar-refractivity contribution is 7.91. The molecule has 0 unspecified atom stereocenters. The standard InChI is InChI=1S/C12H18N4O5S2/c1-3-9(17)13-11-14-15-12(22-11)23(19,20)16-6-4-8(5-7-16)10(18)21-2/h8H,3-7H2,1-2H3,(H,13,14,17). The molecule has 1 aromatic rings. The van der Waals surface area contributed by atoms with E-state index >= 15 is 0 Å². The molecule has 1 fully saturated rings. The maximum absolute atomic E-state index is 12.5. The molecule has 11 heteroatoms. The number of amides is 1. The van der Waals surface area contributed by atoms with Gasteiger partial charge in [0.15, 0.2) is 0 Å². The Labute approximate surface area is 138 Å². The summed E-state index contributed by atoms with van der Waals surface area (Å²) >= 11 is 0.813. The molecule has 1 aliphatic rings. The molecule has 128 valence electrons. The molecular weight excluding hydrogens is 344 g/mol. The van der Waals surface area contributed by atoms with E-state index in [2.05, 4.69) is 20.3 Å². The fourth-order valence-electron chi connectivity index (χ4n) is 2.18. The Morgan fingerprint density at radius 3 is 2.57 bits per heavy atom. The molecule has 1 N–H and O–H groups in total. The number of aromatic nitrogens is 2. The van der Waals surface area contributed by atoms with Gasteiger partial charge < -0.3 is 10.1 Å². The minimum atomic E-state index is -3.76. The molecule has 1 aliphatic heterocycles. The largest absolute Gasteiger partial charge is 0.469 e. The number of hydrogen-bond acceptors (Lipinski definition) is 8. The van der Waals surface area contributed by atoms with E-state index in [1.165, 1.54) is 11.4 Å². The Morgan fingerprint density at radius 2 is 2.00 bits per heavy atom. The minimum absolute atomic E-state index is 0.153. The number of sulfonamides is 1. The molecular formula is C12H18N4O5S2. The number of anilines is 1. The van der Waals surface area contributed by atoms with E-state index in [4.69, 9.17) is 0 Å². The van der Waals surface area contributed by atoms with Crippen molar-refractivity contribution in [3.05, 3.63) is 0 Å². The molecule has 0 radical (unpaired) electrons. The zero-order valence-corrected chi connectivity index (χ0v) is 14.4. The van der Waals surface area contributed by atoms with Crippen molar-refractivity contribution in [2.75, 3.05) is 25.5 Å². The normalized spacial score (nSPS) is 17.0. The first kappa shape index (κ1) is 17.8. The first-order chi connectivity index (χ1) is 10.9. The summed E-state index contributed by atoms with van der Waals surface area (Å²) in [5, 5.41) is 9.96. The monoisotopic (exact) mass is 362 g/mol. The Kier molecular flexibility index (Phi) is 5.65. The maximum atomic E-state index is 12.5. The Bertz CT molecular complexity index is 679. The SMILES string of the molecule is CCC(=O)Nc1nnc(S(=O)(=O)N2CCC(C(=O)OC)CC2)s1. The minimum Gasteiger partial charge on any atom is -0.469 e. The van der Waals surface area contributed by atoms with E-state index in [0.29, 0.717) is 12.8 Å². The summed E-state index contributed by atoms with van der Waals surface area (Å²) in [5.41, 5.74) is 0. The number of rotatable bonds is 5. The van der Waals surface area contributed by atoms with Crippen molar-refractivity contribution in [3.8, 4) is 0 Å². The van der Waals surface area contributed by atoms with Gasteiger partial charge in [0.2, 0.25) is 15.4 Å². The van der Waals surface area contributed by atoms with Crippen LogP contribution in [-0.4, -0.2) is 55.0 Å². The van der Waals surface area contributed by atoms with Gasteiger partial charge >= 0.3 is 5.97 Å². The van der Waals surface area contributed by atoms with E-state index in [1.54, 1.807) is 6.92 Å². The van der Waals surface area contributed by atoms with Gasteiger partial charge in [-0.05, 0) is 12.8 Å². The first-order valence-corrected chi connectivity index (χ1v) is 9.35. The van der Waals surface area contributed by atoms with Crippen LogP contribution in [0.15, 0.2) is 4.34 Å². The summed E-state index contributed by atoms with van der Waals surface area (Å²) < 4.78 is 30.8. The third-order valence-corrected chi connectivity index (χ3v) is 6.61. The van der Waals surface area contributed by atoms with Crippen molar-refractivity contribution in [2.24, 2.45) is 5.92 Å². The fraction of sp³-hybridized carbons (Fsp3) is 0.667. The second kappa shape index (κ2) is 7.32. The van der Waals surface area contributed by atoms with Gasteiger partial charge in [0, 0.05) is 19.5 Å². The van der Waals surface area contributed by atoms with Gasteiger partial charge in [0.1, 0.15) is 0 Å². The summed E-state index contributed by atoms with van der Waals surface area (Å²) in [4.78, 5) is 22.8. The highest BCUT2D eigenvalue weighted by Crippen LogP contribution is 2.27. The van der Waals surface area contributed by atoms with Crippen LogP contribution >= 0.6 is 11.3 Å². The first-order valence-electron chi connectivity index (χ1n) is 7.09. The summed E-state index contributed by atoms with van der Waals surface area (Å²) in [7, 11) is -2.45. The number of piperidine rings is 1. The Balaban J connectivity index is 2.05.